The van der Waals surface area contributed by atoms with Crippen LogP contribution in [0.2, 0.25) is 0 Å². The zero-order valence-electron chi connectivity index (χ0n) is 14.2. The van der Waals surface area contributed by atoms with Gasteiger partial charge in [-0.15, -0.1) is 0 Å². The van der Waals surface area contributed by atoms with Gasteiger partial charge in [0, 0.05) is 23.2 Å². The molecule has 0 saturated heterocycles. The topological polar surface area (TPSA) is 83.0 Å². The van der Waals surface area contributed by atoms with Gasteiger partial charge in [-0.25, -0.2) is 4.39 Å². The number of carbonyl (C=O) groups excluding carboxylic acids is 1. The summed E-state index contributed by atoms with van der Waals surface area (Å²) in [5, 5.41) is 10.8. The van der Waals surface area contributed by atoms with E-state index in [0.29, 0.717) is 24.5 Å². The van der Waals surface area contributed by atoms with E-state index >= 15 is 0 Å². The standard InChI is InChI=1S/C18H21FN4O2/c1-3-15(18(24)22-17-8-11(2)25-23-17)20-7-6-12-10-21-16-9-13(19)4-5-14(12)16/h4-5,8-10,15,20-21H,3,6-7H2,1-2H3,(H,22,23,24)/t15-/m0/s1. The molecular formula is C18H21FN4O2. The van der Waals surface area contributed by atoms with Gasteiger partial charge >= 0.3 is 0 Å². The van der Waals surface area contributed by atoms with Crippen LogP contribution in [0.5, 0.6) is 0 Å². The van der Waals surface area contributed by atoms with E-state index in [1.54, 1.807) is 19.1 Å². The number of carbonyl (C=O) groups is 1. The Balaban J connectivity index is 1.56. The molecule has 25 heavy (non-hydrogen) atoms. The number of halogens is 1. The molecule has 0 unspecified atom stereocenters. The molecule has 0 aliphatic rings. The Labute approximate surface area is 144 Å². The molecule has 3 aromatic rings. The molecule has 1 amide bonds. The summed E-state index contributed by atoms with van der Waals surface area (Å²) >= 11 is 0. The van der Waals surface area contributed by atoms with E-state index < -0.39 is 0 Å². The summed E-state index contributed by atoms with van der Waals surface area (Å²) in [4.78, 5) is 15.4. The number of H-pyrrole nitrogens is 1. The fraction of sp³-hybridized carbons (Fsp3) is 0.333. The minimum atomic E-state index is -0.320. The Hall–Kier alpha value is -2.67. The lowest BCUT2D eigenvalue weighted by Crippen LogP contribution is -2.41. The number of aryl methyl sites for hydroxylation is 1. The van der Waals surface area contributed by atoms with Gasteiger partial charge in [0.25, 0.3) is 0 Å². The zero-order valence-corrected chi connectivity index (χ0v) is 14.2. The average molecular weight is 344 g/mol. The fourth-order valence-electron chi connectivity index (χ4n) is 2.81. The highest BCUT2D eigenvalue weighted by Gasteiger charge is 2.17. The summed E-state index contributed by atoms with van der Waals surface area (Å²) in [5.74, 6) is 0.662. The van der Waals surface area contributed by atoms with Gasteiger partial charge in [-0.3, -0.25) is 4.79 Å². The summed E-state index contributed by atoms with van der Waals surface area (Å²) in [5.41, 5.74) is 1.87. The van der Waals surface area contributed by atoms with E-state index in [0.717, 1.165) is 22.9 Å². The smallest absolute Gasteiger partial charge is 0.242 e. The third-order valence-electron chi connectivity index (χ3n) is 4.12. The van der Waals surface area contributed by atoms with Crippen LogP contribution in [0, 0.1) is 12.7 Å². The molecule has 3 N–H and O–H groups in total. The van der Waals surface area contributed by atoms with Crippen molar-refractivity contribution < 1.29 is 13.7 Å². The van der Waals surface area contributed by atoms with Crippen LogP contribution in [0.1, 0.15) is 24.7 Å². The number of hydrogen-bond donors (Lipinski definition) is 3. The summed E-state index contributed by atoms with van der Waals surface area (Å²) in [7, 11) is 0. The van der Waals surface area contributed by atoms with Crippen LogP contribution in [0.3, 0.4) is 0 Å². The van der Waals surface area contributed by atoms with Crippen molar-refractivity contribution in [1.29, 1.82) is 0 Å². The summed E-state index contributed by atoms with van der Waals surface area (Å²) < 4.78 is 18.2. The first-order chi connectivity index (χ1) is 12.1. The molecule has 7 heteroatoms. The Morgan fingerprint density at radius 1 is 1.40 bits per heavy atom. The van der Waals surface area contributed by atoms with Crippen molar-refractivity contribution in [3.63, 3.8) is 0 Å². The first-order valence-corrected chi connectivity index (χ1v) is 8.30. The maximum Gasteiger partial charge on any atom is 0.242 e. The number of aromatic nitrogens is 2. The molecule has 6 nitrogen and oxygen atoms in total. The second kappa shape index (κ2) is 7.48. The third kappa shape index (κ3) is 4.06. The normalized spacial score (nSPS) is 12.4. The van der Waals surface area contributed by atoms with Gasteiger partial charge in [0.1, 0.15) is 11.6 Å². The van der Waals surface area contributed by atoms with Gasteiger partial charge in [0.2, 0.25) is 5.91 Å². The number of nitrogens with one attached hydrogen (secondary N) is 3. The van der Waals surface area contributed by atoms with Crippen LogP contribution in [-0.2, 0) is 11.2 Å². The molecule has 1 atom stereocenters. The number of fused-ring (bicyclic) bond motifs is 1. The molecule has 0 fully saturated rings. The second-order valence-corrected chi connectivity index (χ2v) is 5.98. The summed E-state index contributed by atoms with van der Waals surface area (Å²) in [6.45, 7) is 4.35. The fourth-order valence-corrected chi connectivity index (χ4v) is 2.81. The molecule has 132 valence electrons. The van der Waals surface area contributed by atoms with E-state index in [9.17, 15) is 9.18 Å². The minimum absolute atomic E-state index is 0.142. The zero-order chi connectivity index (χ0) is 17.8. The van der Waals surface area contributed by atoms with Crippen LogP contribution < -0.4 is 10.6 Å². The van der Waals surface area contributed by atoms with Crippen molar-refractivity contribution in [3.8, 4) is 0 Å². The lowest BCUT2D eigenvalue weighted by molar-refractivity contribution is -0.118. The summed E-state index contributed by atoms with van der Waals surface area (Å²) in [6.07, 6.45) is 3.27. The number of amides is 1. The van der Waals surface area contributed by atoms with E-state index in [-0.39, 0.29) is 17.8 Å². The number of aromatic amines is 1. The van der Waals surface area contributed by atoms with Gasteiger partial charge in [0.05, 0.1) is 6.04 Å². The molecule has 0 aliphatic carbocycles. The Morgan fingerprint density at radius 2 is 2.24 bits per heavy atom. The van der Waals surface area contributed by atoms with Crippen molar-refractivity contribution in [2.75, 3.05) is 11.9 Å². The van der Waals surface area contributed by atoms with Gasteiger partial charge in [-0.2, -0.15) is 0 Å². The Morgan fingerprint density at radius 3 is 2.96 bits per heavy atom. The molecule has 0 radical (unpaired) electrons. The number of rotatable bonds is 7. The number of nitrogens with zero attached hydrogens (tertiary/aromatic N) is 1. The van der Waals surface area contributed by atoms with Crippen LogP contribution >= 0.6 is 0 Å². The predicted molar refractivity (Wildman–Crippen MR) is 93.9 cm³/mol. The van der Waals surface area contributed by atoms with Crippen LogP contribution in [0.15, 0.2) is 35.0 Å². The Kier molecular flexibility index (Phi) is 5.14. The lowest BCUT2D eigenvalue weighted by atomic mass is 10.1. The number of anilines is 1. The maximum atomic E-state index is 13.2. The molecule has 2 heterocycles. The largest absolute Gasteiger partial charge is 0.361 e. The highest BCUT2D eigenvalue weighted by molar-refractivity contribution is 5.94. The molecule has 0 saturated carbocycles. The molecule has 0 bridgehead atoms. The van der Waals surface area contributed by atoms with Crippen molar-refractivity contribution in [1.82, 2.24) is 15.5 Å². The molecule has 1 aromatic carbocycles. The first-order valence-electron chi connectivity index (χ1n) is 8.30. The number of benzene rings is 1. The first kappa shape index (κ1) is 17.2. The summed E-state index contributed by atoms with van der Waals surface area (Å²) in [6, 6.07) is 6.06. The maximum absolute atomic E-state index is 13.2. The predicted octanol–water partition coefficient (Wildman–Crippen LogP) is 3.15. The van der Waals surface area contributed by atoms with Crippen LogP contribution in [-0.4, -0.2) is 28.6 Å². The van der Waals surface area contributed by atoms with Gasteiger partial charge in [-0.1, -0.05) is 12.1 Å². The van der Waals surface area contributed by atoms with Gasteiger partial charge < -0.3 is 20.1 Å². The van der Waals surface area contributed by atoms with Crippen molar-refractivity contribution in [3.05, 3.63) is 47.6 Å². The number of hydrogen-bond acceptors (Lipinski definition) is 4. The monoisotopic (exact) mass is 344 g/mol. The van der Waals surface area contributed by atoms with Crippen LogP contribution in [0.25, 0.3) is 10.9 Å². The molecule has 2 aromatic heterocycles. The van der Waals surface area contributed by atoms with E-state index in [4.69, 9.17) is 4.52 Å². The highest BCUT2D eigenvalue weighted by atomic mass is 19.1. The quantitative estimate of drug-likeness (QED) is 0.615. The van der Waals surface area contributed by atoms with Crippen molar-refractivity contribution in [2.45, 2.75) is 32.7 Å². The van der Waals surface area contributed by atoms with E-state index in [1.165, 1.54) is 12.1 Å². The van der Waals surface area contributed by atoms with E-state index in [2.05, 4.69) is 20.8 Å². The van der Waals surface area contributed by atoms with E-state index in [1.807, 2.05) is 13.1 Å². The van der Waals surface area contributed by atoms with Gasteiger partial charge in [-0.05, 0) is 50.1 Å². The molecule has 3 rings (SSSR count). The Bertz CT molecular complexity index is 871. The highest BCUT2D eigenvalue weighted by Crippen LogP contribution is 2.19. The van der Waals surface area contributed by atoms with Crippen molar-refractivity contribution in [2.24, 2.45) is 0 Å². The van der Waals surface area contributed by atoms with Crippen molar-refractivity contribution >= 4 is 22.6 Å². The minimum Gasteiger partial charge on any atom is -0.361 e. The van der Waals surface area contributed by atoms with Gasteiger partial charge in [0.15, 0.2) is 5.82 Å². The lowest BCUT2D eigenvalue weighted by Gasteiger charge is -2.15. The molecular weight excluding hydrogens is 323 g/mol. The molecule has 0 spiro atoms. The molecule has 0 aliphatic heterocycles. The average Bonchev–Trinajstić information content (AvgIpc) is 3.17. The second-order valence-electron chi connectivity index (χ2n) is 5.98. The SMILES string of the molecule is CC[C@H](NCCc1c[nH]c2cc(F)ccc12)C(=O)Nc1cc(C)on1. The third-order valence-corrected chi connectivity index (χ3v) is 4.12. The van der Waals surface area contributed by atoms with Crippen LogP contribution in [0.4, 0.5) is 10.2 Å².